The van der Waals surface area contributed by atoms with Gasteiger partial charge in [-0.3, -0.25) is 9.59 Å². The molecule has 0 unspecified atom stereocenters. The molecule has 0 bridgehead atoms. The molecule has 0 radical (unpaired) electrons. The quantitative estimate of drug-likeness (QED) is 0.443. The number of nitrogens with one attached hydrogen (secondary N) is 2. The summed E-state index contributed by atoms with van der Waals surface area (Å²) in [6.45, 7) is -0.107. The molecule has 7 heteroatoms. The van der Waals surface area contributed by atoms with Crippen molar-refractivity contribution in [1.82, 2.24) is 10.6 Å². The van der Waals surface area contributed by atoms with Crippen LogP contribution in [0.3, 0.4) is 0 Å². The maximum atomic E-state index is 12.5. The van der Waals surface area contributed by atoms with Gasteiger partial charge in [-0.1, -0.05) is 65.8 Å². The predicted octanol–water partition coefficient (Wildman–Crippen LogP) is 4.37. The molecule has 0 aliphatic rings. The van der Waals surface area contributed by atoms with Crippen molar-refractivity contribution < 1.29 is 14.7 Å². The van der Waals surface area contributed by atoms with Crippen LogP contribution in [0.15, 0.2) is 94.4 Å². The van der Waals surface area contributed by atoms with E-state index in [1.165, 1.54) is 11.8 Å². The number of carbonyl (C=O) groups excluding carboxylic acids is 2. The van der Waals surface area contributed by atoms with Crippen molar-refractivity contribution >= 4 is 41.3 Å². The number of carbonyl (C=O) groups is 2. The molecule has 2 amide bonds. The monoisotopic (exact) mass is 452 g/mol. The Morgan fingerprint density at radius 1 is 0.935 bits per heavy atom. The van der Waals surface area contributed by atoms with Gasteiger partial charge in [-0.05, 0) is 48.0 Å². The van der Waals surface area contributed by atoms with Crippen LogP contribution in [0.25, 0.3) is 6.08 Å². The van der Waals surface area contributed by atoms with Crippen molar-refractivity contribution in [3.05, 3.63) is 101 Å². The van der Waals surface area contributed by atoms with Crippen molar-refractivity contribution in [1.29, 1.82) is 0 Å². The molecule has 0 aromatic heterocycles. The first-order valence-electron chi connectivity index (χ1n) is 9.56. The Morgan fingerprint density at radius 2 is 1.61 bits per heavy atom. The van der Waals surface area contributed by atoms with Crippen molar-refractivity contribution in [2.75, 3.05) is 13.2 Å². The summed E-state index contributed by atoms with van der Waals surface area (Å²) >= 11 is 7.75. The summed E-state index contributed by atoms with van der Waals surface area (Å²) in [6, 6.07) is 23.8. The average Bonchev–Trinajstić information content (AvgIpc) is 2.80. The van der Waals surface area contributed by atoms with Crippen LogP contribution in [0.5, 0.6) is 0 Å². The van der Waals surface area contributed by atoms with Crippen LogP contribution in [0.4, 0.5) is 0 Å². The van der Waals surface area contributed by atoms with Crippen molar-refractivity contribution in [2.45, 2.75) is 9.79 Å². The summed E-state index contributed by atoms with van der Waals surface area (Å²) in [5, 5.41) is 14.9. The van der Waals surface area contributed by atoms with Crippen molar-refractivity contribution in [2.24, 2.45) is 0 Å². The highest BCUT2D eigenvalue weighted by Crippen LogP contribution is 2.33. The zero-order chi connectivity index (χ0) is 22.1. The van der Waals surface area contributed by atoms with Crippen LogP contribution >= 0.6 is 23.4 Å². The van der Waals surface area contributed by atoms with Gasteiger partial charge in [0.05, 0.1) is 11.6 Å². The average molecular weight is 453 g/mol. The molecule has 3 aromatic rings. The third-order valence-electron chi connectivity index (χ3n) is 4.18. The maximum Gasteiger partial charge on any atom is 0.267 e. The minimum Gasteiger partial charge on any atom is -0.395 e. The number of rotatable bonds is 8. The summed E-state index contributed by atoms with van der Waals surface area (Å²) in [5.74, 6) is -0.871. The fourth-order valence-corrected chi connectivity index (χ4v) is 3.75. The molecule has 0 spiro atoms. The van der Waals surface area contributed by atoms with Crippen molar-refractivity contribution in [3.8, 4) is 0 Å². The van der Waals surface area contributed by atoms with Crippen LogP contribution in [-0.2, 0) is 4.79 Å². The molecule has 3 rings (SSSR count). The van der Waals surface area contributed by atoms with Crippen molar-refractivity contribution in [3.63, 3.8) is 0 Å². The number of aliphatic hydroxyl groups excluding tert-OH is 1. The zero-order valence-corrected chi connectivity index (χ0v) is 18.1. The predicted molar refractivity (Wildman–Crippen MR) is 124 cm³/mol. The number of benzene rings is 3. The molecule has 0 atom stereocenters. The van der Waals surface area contributed by atoms with Crippen LogP contribution in [0.1, 0.15) is 15.9 Å². The second-order valence-electron chi connectivity index (χ2n) is 6.46. The SMILES string of the molecule is O=C(NCCO)/C(=C/c1ccc(Sc2ccccc2Cl)cc1)NC(=O)c1ccccc1. The Kier molecular flexibility index (Phi) is 8.29. The molecule has 0 saturated heterocycles. The van der Waals surface area contributed by atoms with E-state index in [-0.39, 0.29) is 18.8 Å². The van der Waals surface area contributed by atoms with Gasteiger partial charge in [0.15, 0.2) is 0 Å². The Hall–Kier alpha value is -3.06. The lowest BCUT2D eigenvalue weighted by Crippen LogP contribution is -2.36. The van der Waals surface area contributed by atoms with E-state index in [0.29, 0.717) is 10.6 Å². The van der Waals surface area contributed by atoms with E-state index in [4.69, 9.17) is 16.7 Å². The van der Waals surface area contributed by atoms with E-state index >= 15 is 0 Å². The number of halogens is 1. The molecule has 0 saturated carbocycles. The lowest BCUT2D eigenvalue weighted by atomic mass is 10.1. The van der Waals surface area contributed by atoms with E-state index in [9.17, 15) is 9.59 Å². The third-order valence-corrected chi connectivity index (χ3v) is 5.71. The van der Waals surface area contributed by atoms with Gasteiger partial charge in [-0.2, -0.15) is 0 Å². The van der Waals surface area contributed by atoms with Gasteiger partial charge in [0.25, 0.3) is 11.8 Å². The fraction of sp³-hybridized carbons (Fsp3) is 0.0833. The summed E-state index contributed by atoms with van der Waals surface area (Å²) in [6.07, 6.45) is 1.59. The minimum absolute atomic E-state index is 0.0881. The fourth-order valence-electron chi connectivity index (χ4n) is 2.66. The summed E-state index contributed by atoms with van der Waals surface area (Å²) in [4.78, 5) is 27.0. The van der Waals surface area contributed by atoms with Gasteiger partial charge in [0.1, 0.15) is 5.70 Å². The lowest BCUT2D eigenvalue weighted by molar-refractivity contribution is -0.117. The van der Waals surface area contributed by atoms with Gasteiger partial charge in [-0.25, -0.2) is 0 Å². The van der Waals surface area contributed by atoms with E-state index in [2.05, 4.69) is 10.6 Å². The summed E-state index contributed by atoms with van der Waals surface area (Å²) < 4.78 is 0. The summed E-state index contributed by atoms with van der Waals surface area (Å²) in [7, 11) is 0. The van der Waals surface area contributed by atoms with E-state index < -0.39 is 11.8 Å². The lowest BCUT2D eigenvalue weighted by Gasteiger charge is -2.11. The first-order chi connectivity index (χ1) is 15.1. The molecular formula is C24H21ClN2O3S. The largest absolute Gasteiger partial charge is 0.395 e. The Bertz CT molecular complexity index is 1070. The van der Waals surface area contributed by atoms with Gasteiger partial charge < -0.3 is 15.7 Å². The molecule has 5 nitrogen and oxygen atoms in total. The molecule has 0 aliphatic carbocycles. The molecule has 0 heterocycles. The molecule has 31 heavy (non-hydrogen) atoms. The topological polar surface area (TPSA) is 78.4 Å². The Balaban J connectivity index is 1.79. The van der Waals surface area contributed by atoms with Gasteiger partial charge in [0.2, 0.25) is 0 Å². The highest BCUT2D eigenvalue weighted by Gasteiger charge is 2.14. The highest BCUT2D eigenvalue weighted by atomic mass is 35.5. The second kappa shape index (κ2) is 11.4. The second-order valence-corrected chi connectivity index (χ2v) is 7.98. The first-order valence-corrected chi connectivity index (χ1v) is 10.8. The van der Waals surface area contributed by atoms with Gasteiger partial charge in [-0.15, -0.1) is 0 Å². The summed E-state index contributed by atoms with van der Waals surface area (Å²) in [5.41, 5.74) is 1.27. The number of aliphatic hydroxyl groups is 1. The smallest absolute Gasteiger partial charge is 0.267 e. The van der Waals surface area contributed by atoms with E-state index in [1.807, 2.05) is 54.6 Å². The molecule has 3 N–H and O–H groups in total. The van der Waals surface area contributed by atoms with Gasteiger partial charge >= 0.3 is 0 Å². The molecular weight excluding hydrogens is 432 g/mol. The van der Waals surface area contributed by atoms with E-state index in [0.717, 1.165) is 15.4 Å². The van der Waals surface area contributed by atoms with Crippen LogP contribution in [0.2, 0.25) is 5.02 Å². The molecule has 158 valence electrons. The number of hydrogen-bond acceptors (Lipinski definition) is 4. The number of hydrogen-bond donors (Lipinski definition) is 3. The van der Waals surface area contributed by atoms with Crippen LogP contribution in [0, 0.1) is 0 Å². The van der Waals surface area contributed by atoms with Crippen LogP contribution < -0.4 is 10.6 Å². The minimum atomic E-state index is -0.479. The molecule has 0 fully saturated rings. The molecule has 0 aliphatic heterocycles. The normalized spacial score (nSPS) is 11.1. The molecule has 3 aromatic carbocycles. The third kappa shape index (κ3) is 6.72. The van der Waals surface area contributed by atoms with Crippen LogP contribution in [-0.4, -0.2) is 30.1 Å². The maximum absolute atomic E-state index is 12.5. The highest BCUT2D eigenvalue weighted by molar-refractivity contribution is 7.99. The van der Waals surface area contributed by atoms with Gasteiger partial charge in [0, 0.05) is 21.9 Å². The zero-order valence-electron chi connectivity index (χ0n) is 16.5. The van der Waals surface area contributed by atoms with E-state index in [1.54, 1.807) is 30.3 Å². The Labute approximate surface area is 190 Å². The number of amides is 2. The first kappa shape index (κ1) is 22.6. The standard InChI is InChI=1S/C24H21ClN2O3S/c25-20-8-4-5-9-22(20)31-19-12-10-17(11-13-19)16-21(24(30)26-14-15-28)27-23(29)18-6-2-1-3-7-18/h1-13,16,28H,14-15H2,(H,26,30)(H,27,29)/b21-16-. The Morgan fingerprint density at radius 3 is 2.29 bits per heavy atom.